The van der Waals surface area contributed by atoms with Gasteiger partial charge in [-0.05, 0) is 61.4 Å². The molecule has 0 spiro atoms. The van der Waals surface area contributed by atoms with Gasteiger partial charge >= 0.3 is 0 Å². The van der Waals surface area contributed by atoms with Crippen molar-refractivity contribution in [3.8, 4) is 0 Å². The summed E-state index contributed by atoms with van der Waals surface area (Å²) in [5, 5.41) is 7.00. The Morgan fingerprint density at radius 3 is 2.66 bits per heavy atom. The standard InChI is InChI=1S/C22H30BrN3O2.HI/c1-2-27-15-12-22(10-11-22)17-26-21(24-13-9-20-4-3-14-28-20)25-16-18-5-7-19(23)8-6-18;/h3-8,14H,2,9-13,15-17H2,1H3,(H2,24,25,26);1H. The third-order valence-electron chi connectivity index (χ3n) is 5.15. The lowest BCUT2D eigenvalue weighted by Gasteiger charge is -2.19. The summed E-state index contributed by atoms with van der Waals surface area (Å²) in [5.41, 5.74) is 1.56. The second-order valence-corrected chi connectivity index (χ2v) is 8.26. The van der Waals surface area contributed by atoms with Gasteiger partial charge in [-0.3, -0.25) is 0 Å². The molecule has 7 heteroatoms. The van der Waals surface area contributed by atoms with Crippen LogP contribution in [0.1, 0.15) is 37.5 Å². The predicted octanol–water partition coefficient (Wildman–Crippen LogP) is 5.14. The Morgan fingerprint density at radius 1 is 1.21 bits per heavy atom. The second-order valence-electron chi connectivity index (χ2n) is 7.35. The van der Waals surface area contributed by atoms with E-state index in [0.29, 0.717) is 12.0 Å². The number of hydrogen-bond donors (Lipinski definition) is 2. The van der Waals surface area contributed by atoms with E-state index in [9.17, 15) is 0 Å². The number of rotatable bonds is 11. The zero-order chi connectivity index (χ0) is 19.7. The minimum Gasteiger partial charge on any atom is -0.469 e. The maximum absolute atomic E-state index is 5.55. The smallest absolute Gasteiger partial charge is 0.191 e. The highest BCUT2D eigenvalue weighted by Gasteiger charge is 2.41. The van der Waals surface area contributed by atoms with Gasteiger partial charge in [-0.15, -0.1) is 24.0 Å². The van der Waals surface area contributed by atoms with E-state index in [1.54, 1.807) is 6.26 Å². The molecule has 29 heavy (non-hydrogen) atoms. The summed E-state index contributed by atoms with van der Waals surface area (Å²) in [5.74, 6) is 1.84. The Balaban J connectivity index is 0.00000300. The van der Waals surface area contributed by atoms with Crippen LogP contribution in [0.3, 0.4) is 0 Å². The first-order valence-electron chi connectivity index (χ1n) is 10.1. The predicted molar refractivity (Wildman–Crippen MR) is 132 cm³/mol. The first kappa shape index (κ1) is 24.2. The van der Waals surface area contributed by atoms with Gasteiger partial charge in [0, 0.05) is 37.2 Å². The summed E-state index contributed by atoms with van der Waals surface area (Å²) >= 11 is 3.48. The average Bonchev–Trinajstić information content (AvgIpc) is 3.27. The molecule has 2 N–H and O–H groups in total. The molecule has 1 heterocycles. The minimum absolute atomic E-state index is 0. The van der Waals surface area contributed by atoms with Crippen LogP contribution in [0.5, 0.6) is 0 Å². The third kappa shape index (κ3) is 8.68. The van der Waals surface area contributed by atoms with Crippen molar-refractivity contribution in [3.63, 3.8) is 0 Å². The van der Waals surface area contributed by atoms with E-state index < -0.39 is 0 Å². The molecule has 0 amide bonds. The van der Waals surface area contributed by atoms with Crippen molar-refractivity contribution in [2.75, 3.05) is 26.3 Å². The number of hydrogen-bond acceptors (Lipinski definition) is 3. The number of furan rings is 1. The molecule has 0 saturated heterocycles. The van der Waals surface area contributed by atoms with E-state index in [-0.39, 0.29) is 24.0 Å². The minimum atomic E-state index is 0. The lowest BCUT2D eigenvalue weighted by molar-refractivity contribution is 0.128. The van der Waals surface area contributed by atoms with Crippen LogP contribution in [0, 0.1) is 5.41 Å². The average molecular weight is 576 g/mol. The summed E-state index contributed by atoms with van der Waals surface area (Å²) in [6, 6.07) is 12.2. The van der Waals surface area contributed by atoms with E-state index >= 15 is 0 Å². The van der Waals surface area contributed by atoms with E-state index in [1.165, 1.54) is 18.4 Å². The van der Waals surface area contributed by atoms with Gasteiger partial charge in [-0.1, -0.05) is 28.1 Å². The highest BCUT2D eigenvalue weighted by molar-refractivity contribution is 14.0. The monoisotopic (exact) mass is 575 g/mol. The van der Waals surface area contributed by atoms with Gasteiger partial charge in [0.2, 0.25) is 0 Å². The summed E-state index contributed by atoms with van der Waals surface area (Å²) in [6.45, 7) is 6.05. The number of halogens is 2. The highest BCUT2D eigenvalue weighted by atomic mass is 127. The first-order chi connectivity index (χ1) is 13.7. The molecule has 0 aliphatic heterocycles. The second kappa shape index (κ2) is 12.6. The van der Waals surface area contributed by atoms with Crippen molar-refractivity contribution in [2.24, 2.45) is 10.4 Å². The van der Waals surface area contributed by atoms with E-state index in [1.807, 2.05) is 19.1 Å². The Labute approximate surface area is 199 Å². The van der Waals surface area contributed by atoms with Gasteiger partial charge in [-0.2, -0.15) is 0 Å². The maximum atomic E-state index is 5.55. The first-order valence-corrected chi connectivity index (χ1v) is 10.9. The molecule has 3 rings (SSSR count). The molecular weight excluding hydrogens is 545 g/mol. The molecule has 1 aliphatic rings. The van der Waals surface area contributed by atoms with Gasteiger partial charge in [0.1, 0.15) is 5.76 Å². The van der Waals surface area contributed by atoms with Gasteiger partial charge in [0.15, 0.2) is 5.96 Å². The normalized spacial score (nSPS) is 14.9. The lowest BCUT2D eigenvalue weighted by atomic mass is 10.0. The molecule has 5 nitrogen and oxygen atoms in total. The van der Waals surface area contributed by atoms with Crippen LogP contribution in [0.4, 0.5) is 0 Å². The van der Waals surface area contributed by atoms with E-state index in [0.717, 1.165) is 55.3 Å². The van der Waals surface area contributed by atoms with Crippen LogP contribution in [0.25, 0.3) is 0 Å². The molecule has 2 aromatic rings. The summed E-state index contributed by atoms with van der Waals surface area (Å²) < 4.78 is 12.0. The van der Waals surface area contributed by atoms with Crippen molar-refractivity contribution in [3.05, 3.63) is 58.5 Å². The Kier molecular flexibility index (Phi) is 10.5. The topological polar surface area (TPSA) is 58.8 Å². The number of ether oxygens (including phenoxy) is 1. The van der Waals surface area contributed by atoms with Gasteiger partial charge < -0.3 is 19.8 Å². The Hall–Kier alpha value is -1.06. The van der Waals surface area contributed by atoms with Crippen LogP contribution in [-0.2, 0) is 17.7 Å². The van der Waals surface area contributed by atoms with Crippen molar-refractivity contribution >= 4 is 45.9 Å². The molecule has 160 valence electrons. The maximum Gasteiger partial charge on any atom is 0.191 e. The Morgan fingerprint density at radius 2 is 2.00 bits per heavy atom. The number of aliphatic imine (C=N–C) groups is 1. The third-order valence-corrected chi connectivity index (χ3v) is 5.67. The number of nitrogens with one attached hydrogen (secondary N) is 2. The molecule has 1 aromatic heterocycles. The van der Waals surface area contributed by atoms with Crippen molar-refractivity contribution in [1.29, 1.82) is 0 Å². The molecule has 1 saturated carbocycles. The van der Waals surface area contributed by atoms with Crippen LogP contribution in [-0.4, -0.2) is 32.3 Å². The fourth-order valence-corrected chi connectivity index (χ4v) is 3.35. The molecule has 0 radical (unpaired) electrons. The summed E-state index contributed by atoms with van der Waals surface area (Å²) in [4.78, 5) is 4.79. The Bertz CT molecular complexity index is 731. The van der Waals surface area contributed by atoms with Gasteiger partial charge in [0.25, 0.3) is 0 Å². The zero-order valence-electron chi connectivity index (χ0n) is 17.0. The fraction of sp³-hybridized carbons (Fsp3) is 0.500. The van der Waals surface area contributed by atoms with Crippen molar-refractivity contribution in [2.45, 2.75) is 39.2 Å². The SMILES string of the molecule is CCOCCC1(CNC(=NCc2ccc(Br)cc2)NCCc2ccco2)CC1.I. The zero-order valence-corrected chi connectivity index (χ0v) is 20.9. The molecule has 1 fully saturated rings. The summed E-state index contributed by atoms with van der Waals surface area (Å²) in [6.07, 6.45) is 6.19. The van der Waals surface area contributed by atoms with Crippen molar-refractivity contribution in [1.82, 2.24) is 10.6 Å². The molecule has 0 atom stereocenters. The molecular formula is C22H31BrIN3O2. The number of benzene rings is 1. The van der Waals surface area contributed by atoms with E-state index in [2.05, 4.69) is 50.8 Å². The number of guanidine groups is 1. The van der Waals surface area contributed by atoms with Crippen LogP contribution in [0.15, 0.2) is 56.5 Å². The van der Waals surface area contributed by atoms with Crippen LogP contribution in [0.2, 0.25) is 0 Å². The molecule has 0 bridgehead atoms. The van der Waals surface area contributed by atoms with Gasteiger partial charge in [0.05, 0.1) is 12.8 Å². The lowest BCUT2D eigenvalue weighted by Crippen LogP contribution is -2.41. The van der Waals surface area contributed by atoms with Crippen LogP contribution >= 0.6 is 39.9 Å². The number of nitrogens with zero attached hydrogens (tertiary/aromatic N) is 1. The van der Waals surface area contributed by atoms with E-state index in [4.69, 9.17) is 14.1 Å². The summed E-state index contributed by atoms with van der Waals surface area (Å²) in [7, 11) is 0. The quantitative estimate of drug-likeness (QED) is 0.168. The molecule has 1 aromatic carbocycles. The largest absolute Gasteiger partial charge is 0.469 e. The van der Waals surface area contributed by atoms with Crippen molar-refractivity contribution < 1.29 is 9.15 Å². The molecule has 0 unspecified atom stereocenters. The van der Waals surface area contributed by atoms with Crippen LogP contribution < -0.4 is 10.6 Å². The molecule has 1 aliphatic carbocycles. The fourth-order valence-electron chi connectivity index (χ4n) is 3.09. The van der Waals surface area contributed by atoms with Gasteiger partial charge in [-0.25, -0.2) is 4.99 Å². The highest BCUT2D eigenvalue weighted by Crippen LogP contribution is 2.48.